The van der Waals surface area contributed by atoms with Gasteiger partial charge in [0, 0.05) is 55.4 Å². The van der Waals surface area contributed by atoms with E-state index in [9.17, 15) is 10.1 Å². The molecule has 1 fully saturated rings. The zero-order chi connectivity index (χ0) is 23.5. The van der Waals surface area contributed by atoms with Gasteiger partial charge in [0.25, 0.3) is 5.89 Å². The molecule has 5 rings (SSSR count). The van der Waals surface area contributed by atoms with Crippen LogP contribution in [0.5, 0.6) is 0 Å². The molecule has 1 aliphatic heterocycles. The highest BCUT2D eigenvalue weighted by Gasteiger charge is 2.29. The Hall–Kier alpha value is -4.03. The van der Waals surface area contributed by atoms with Gasteiger partial charge >= 0.3 is 0 Å². The molecule has 4 aromatic rings. The summed E-state index contributed by atoms with van der Waals surface area (Å²) in [5.41, 5.74) is 2.12. The standard InChI is InChI=1S/C25H25N5O4/c1-32-14-12-29-9-8-18-15-19(4-5-21(18)29)27-23(31)17-6-10-30(11-7-17)25-20(16-26)28-24(34-25)22-3-2-13-33-22/h2-5,8-9,13,15,17H,6-7,10-12,14H2,1H3,(H,27,31). The number of benzene rings is 1. The van der Waals surface area contributed by atoms with E-state index in [1.807, 2.05) is 35.4 Å². The summed E-state index contributed by atoms with van der Waals surface area (Å²) in [6, 6.07) is 13.6. The summed E-state index contributed by atoms with van der Waals surface area (Å²) in [5.74, 6) is 1.07. The zero-order valence-corrected chi connectivity index (χ0v) is 18.9. The van der Waals surface area contributed by atoms with Gasteiger partial charge in [-0.05, 0) is 49.2 Å². The number of fused-ring (bicyclic) bond motifs is 1. The van der Waals surface area contributed by atoms with Crippen molar-refractivity contribution in [3.8, 4) is 17.7 Å². The van der Waals surface area contributed by atoms with E-state index in [2.05, 4.69) is 20.9 Å². The first-order valence-corrected chi connectivity index (χ1v) is 11.2. The van der Waals surface area contributed by atoms with Gasteiger partial charge in [0.1, 0.15) is 6.07 Å². The van der Waals surface area contributed by atoms with Gasteiger partial charge < -0.3 is 28.4 Å². The van der Waals surface area contributed by atoms with Crippen molar-refractivity contribution in [2.75, 3.05) is 37.0 Å². The smallest absolute Gasteiger partial charge is 0.266 e. The van der Waals surface area contributed by atoms with Crippen LogP contribution >= 0.6 is 0 Å². The fourth-order valence-electron chi connectivity index (χ4n) is 4.36. The van der Waals surface area contributed by atoms with Crippen LogP contribution in [0.1, 0.15) is 18.5 Å². The van der Waals surface area contributed by atoms with Crippen molar-refractivity contribution in [2.24, 2.45) is 5.92 Å². The summed E-state index contributed by atoms with van der Waals surface area (Å²) in [6.07, 6.45) is 4.87. The number of ether oxygens (including phenoxy) is 1. The van der Waals surface area contributed by atoms with Crippen LogP contribution in [-0.4, -0.2) is 42.3 Å². The third-order valence-corrected chi connectivity index (χ3v) is 6.17. The van der Waals surface area contributed by atoms with Gasteiger partial charge in [-0.15, -0.1) is 0 Å². The second-order valence-electron chi connectivity index (χ2n) is 8.29. The van der Waals surface area contributed by atoms with Crippen LogP contribution in [-0.2, 0) is 16.1 Å². The maximum Gasteiger partial charge on any atom is 0.266 e. The molecule has 4 heterocycles. The Morgan fingerprint density at radius 1 is 1.29 bits per heavy atom. The van der Waals surface area contributed by atoms with Crippen LogP contribution in [0.25, 0.3) is 22.6 Å². The highest BCUT2D eigenvalue weighted by atomic mass is 16.5. The maximum absolute atomic E-state index is 12.9. The number of hydrogen-bond acceptors (Lipinski definition) is 7. The quantitative estimate of drug-likeness (QED) is 0.440. The Labute approximate surface area is 196 Å². The SMILES string of the molecule is COCCn1ccc2cc(NC(=O)C3CCN(c4oc(-c5ccco5)nc4C#N)CC3)ccc21. The average molecular weight is 460 g/mol. The fraction of sp³-hybridized carbons (Fsp3) is 0.320. The van der Waals surface area contributed by atoms with Crippen molar-refractivity contribution < 1.29 is 18.4 Å². The molecule has 174 valence electrons. The zero-order valence-electron chi connectivity index (χ0n) is 18.9. The number of hydrogen-bond donors (Lipinski definition) is 1. The van der Waals surface area contributed by atoms with Gasteiger partial charge in [0.2, 0.25) is 17.5 Å². The predicted molar refractivity (Wildman–Crippen MR) is 126 cm³/mol. The molecule has 1 saturated heterocycles. The van der Waals surface area contributed by atoms with Gasteiger partial charge in [0.15, 0.2) is 5.76 Å². The second kappa shape index (κ2) is 9.45. The summed E-state index contributed by atoms with van der Waals surface area (Å²) in [4.78, 5) is 19.1. The Morgan fingerprint density at radius 3 is 2.88 bits per heavy atom. The van der Waals surface area contributed by atoms with Crippen molar-refractivity contribution in [2.45, 2.75) is 19.4 Å². The number of methoxy groups -OCH3 is 1. The summed E-state index contributed by atoms with van der Waals surface area (Å²) < 4.78 is 18.5. The topological polar surface area (TPSA) is 109 Å². The number of rotatable bonds is 7. The summed E-state index contributed by atoms with van der Waals surface area (Å²) >= 11 is 0. The monoisotopic (exact) mass is 459 g/mol. The molecule has 0 atom stereocenters. The number of nitrogens with one attached hydrogen (secondary N) is 1. The number of piperidine rings is 1. The summed E-state index contributed by atoms with van der Waals surface area (Å²) in [7, 11) is 1.69. The predicted octanol–water partition coefficient (Wildman–Crippen LogP) is 4.26. The van der Waals surface area contributed by atoms with E-state index in [4.69, 9.17) is 13.6 Å². The number of oxazole rings is 1. The molecular weight excluding hydrogens is 434 g/mol. The third-order valence-electron chi connectivity index (χ3n) is 6.17. The van der Waals surface area contributed by atoms with Crippen LogP contribution in [0.15, 0.2) is 57.7 Å². The van der Waals surface area contributed by atoms with Crippen LogP contribution in [0.2, 0.25) is 0 Å². The first-order chi connectivity index (χ1) is 16.7. The molecule has 9 heteroatoms. The summed E-state index contributed by atoms with van der Waals surface area (Å²) in [5, 5.41) is 13.6. The minimum atomic E-state index is -0.115. The minimum absolute atomic E-state index is 0.00664. The number of anilines is 2. The lowest BCUT2D eigenvalue weighted by molar-refractivity contribution is -0.120. The highest BCUT2D eigenvalue weighted by Crippen LogP contribution is 2.31. The fourth-order valence-corrected chi connectivity index (χ4v) is 4.36. The first-order valence-electron chi connectivity index (χ1n) is 11.2. The van der Waals surface area contributed by atoms with Crippen molar-refractivity contribution in [3.05, 3.63) is 54.6 Å². The van der Waals surface area contributed by atoms with E-state index in [-0.39, 0.29) is 23.4 Å². The van der Waals surface area contributed by atoms with Gasteiger partial charge in [0.05, 0.1) is 12.9 Å². The van der Waals surface area contributed by atoms with Gasteiger partial charge in [-0.25, -0.2) is 0 Å². The van der Waals surface area contributed by atoms with Gasteiger partial charge in [-0.2, -0.15) is 10.2 Å². The third kappa shape index (κ3) is 4.28. The average Bonchev–Trinajstić information content (AvgIpc) is 3.62. The molecular formula is C25H25N5O4. The van der Waals surface area contributed by atoms with Crippen LogP contribution in [0.3, 0.4) is 0 Å². The molecule has 0 unspecified atom stereocenters. The Bertz CT molecular complexity index is 1320. The Balaban J connectivity index is 1.21. The lowest BCUT2D eigenvalue weighted by atomic mass is 9.95. The Morgan fingerprint density at radius 2 is 2.15 bits per heavy atom. The molecule has 34 heavy (non-hydrogen) atoms. The lowest BCUT2D eigenvalue weighted by Gasteiger charge is -2.30. The van der Waals surface area contributed by atoms with E-state index in [0.717, 1.165) is 23.1 Å². The molecule has 3 aromatic heterocycles. The van der Waals surface area contributed by atoms with Crippen LogP contribution in [0.4, 0.5) is 11.6 Å². The molecule has 1 aromatic carbocycles. The number of nitriles is 1. The molecule has 1 aliphatic rings. The molecule has 0 aliphatic carbocycles. The maximum atomic E-state index is 12.9. The number of aromatic nitrogens is 2. The van der Waals surface area contributed by atoms with E-state index < -0.39 is 0 Å². The number of amides is 1. The van der Waals surface area contributed by atoms with E-state index >= 15 is 0 Å². The minimum Gasteiger partial charge on any atom is -0.459 e. The number of carbonyl (C=O) groups excluding carboxylic acids is 1. The molecule has 1 amide bonds. The van der Waals surface area contributed by atoms with Crippen molar-refractivity contribution in [1.82, 2.24) is 9.55 Å². The van der Waals surface area contributed by atoms with Crippen LogP contribution < -0.4 is 10.2 Å². The number of carbonyl (C=O) groups is 1. The van der Waals surface area contributed by atoms with E-state index in [1.54, 1.807) is 19.2 Å². The van der Waals surface area contributed by atoms with Crippen LogP contribution in [0, 0.1) is 17.2 Å². The molecule has 9 nitrogen and oxygen atoms in total. The highest BCUT2D eigenvalue weighted by molar-refractivity contribution is 5.95. The second-order valence-corrected chi connectivity index (χ2v) is 8.29. The molecule has 0 radical (unpaired) electrons. The van der Waals surface area contributed by atoms with Gasteiger partial charge in [-0.3, -0.25) is 4.79 Å². The van der Waals surface area contributed by atoms with E-state index in [1.165, 1.54) is 6.26 Å². The lowest BCUT2D eigenvalue weighted by Crippen LogP contribution is -2.38. The van der Waals surface area contributed by atoms with Crippen molar-refractivity contribution >= 4 is 28.4 Å². The number of furan rings is 1. The molecule has 1 N–H and O–H groups in total. The normalized spacial score (nSPS) is 14.4. The molecule has 0 bridgehead atoms. The Kier molecular flexibility index (Phi) is 6.06. The molecule has 0 saturated carbocycles. The number of nitrogens with zero attached hydrogens (tertiary/aromatic N) is 4. The van der Waals surface area contributed by atoms with Crippen molar-refractivity contribution in [1.29, 1.82) is 5.26 Å². The van der Waals surface area contributed by atoms with E-state index in [0.29, 0.717) is 44.2 Å². The first kappa shape index (κ1) is 21.8. The molecule has 0 spiro atoms. The van der Waals surface area contributed by atoms with Gasteiger partial charge in [-0.1, -0.05) is 0 Å². The largest absolute Gasteiger partial charge is 0.459 e. The summed E-state index contributed by atoms with van der Waals surface area (Å²) in [6.45, 7) is 2.63. The van der Waals surface area contributed by atoms with Crippen molar-refractivity contribution in [3.63, 3.8) is 0 Å².